The maximum absolute atomic E-state index is 13.4. The average Bonchev–Trinajstić information content (AvgIpc) is 2.89. The van der Waals surface area contributed by atoms with Crippen LogP contribution in [0.25, 0.3) is 22.2 Å². The highest BCUT2D eigenvalue weighted by atomic mass is 32.2. The zero-order valence-electron chi connectivity index (χ0n) is 20.0. The Morgan fingerprint density at radius 2 is 1.71 bits per heavy atom. The molecule has 7 nitrogen and oxygen atoms in total. The summed E-state index contributed by atoms with van der Waals surface area (Å²) in [6.07, 6.45) is 3.41. The summed E-state index contributed by atoms with van der Waals surface area (Å²) < 4.78 is 26.9. The second-order valence-corrected chi connectivity index (χ2v) is 10.1. The lowest BCUT2D eigenvalue weighted by Crippen LogP contribution is -2.30. The predicted molar refractivity (Wildman–Crippen MR) is 137 cm³/mol. The monoisotopic (exact) mass is 488 g/mol. The van der Waals surface area contributed by atoms with Gasteiger partial charge in [-0.15, -0.1) is 0 Å². The molecule has 0 bridgehead atoms. The molecule has 0 aliphatic heterocycles. The van der Waals surface area contributed by atoms with Crippen molar-refractivity contribution in [1.82, 2.24) is 19.6 Å². The van der Waals surface area contributed by atoms with Gasteiger partial charge in [-0.2, -0.15) is 4.31 Å². The highest BCUT2D eigenvalue weighted by Gasteiger charge is 2.22. The molecule has 2 aromatic heterocycles. The van der Waals surface area contributed by atoms with Crippen molar-refractivity contribution in [2.24, 2.45) is 0 Å². The number of aromatic nitrogens is 2. The van der Waals surface area contributed by atoms with E-state index in [9.17, 15) is 13.2 Å². The van der Waals surface area contributed by atoms with Crippen LogP contribution in [0, 0.1) is 0 Å². The van der Waals surface area contributed by atoms with Crippen molar-refractivity contribution < 1.29 is 13.2 Å². The molecule has 0 spiro atoms. The van der Waals surface area contributed by atoms with E-state index in [1.54, 1.807) is 42.7 Å². The number of fused-ring (bicyclic) bond motifs is 1. The van der Waals surface area contributed by atoms with Crippen molar-refractivity contribution >= 4 is 26.8 Å². The predicted octanol–water partition coefficient (Wildman–Crippen LogP) is 4.82. The van der Waals surface area contributed by atoms with E-state index >= 15 is 0 Å². The Morgan fingerprint density at radius 3 is 2.37 bits per heavy atom. The molecule has 4 rings (SSSR count). The van der Waals surface area contributed by atoms with E-state index in [4.69, 9.17) is 4.98 Å². The Morgan fingerprint density at radius 1 is 1.00 bits per heavy atom. The van der Waals surface area contributed by atoms with E-state index in [0.29, 0.717) is 24.3 Å². The number of pyridine rings is 2. The largest absolute Gasteiger partial charge is 0.345 e. The first-order valence-corrected chi connectivity index (χ1v) is 13.0. The van der Waals surface area contributed by atoms with Crippen molar-refractivity contribution in [3.05, 3.63) is 90.3 Å². The number of sulfonamides is 1. The molecule has 1 atom stereocenters. The third kappa shape index (κ3) is 5.08. The molecular weight excluding hydrogens is 460 g/mol. The quantitative estimate of drug-likeness (QED) is 0.384. The lowest BCUT2D eigenvalue weighted by atomic mass is 10.0. The lowest BCUT2D eigenvalue weighted by Gasteiger charge is -2.19. The van der Waals surface area contributed by atoms with Gasteiger partial charge in [0.15, 0.2) is 0 Å². The van der Waals surface area contributed by atoms with E-state index in [1.807, 2.05) is 57.2 Å². The van der Waals surface area contributed by atoms with Gasteiger partial charge in [-0.3, -0.25) is 9.78 Å². The number of nitrogens with zero attached hydrogens (tertiary/aromatic N) is 3. The Kier molecular flexibility index (Phi) is 7.23. The summed E-state index contributed by atoms with van der Waals surface area (Å²) in [6.45, 7) is 6.32. The third-order valence-electron chi connectivity index (χ3n) is 5.99. The van der Waals surface area contributed by atoms with Crippen LogP contribution in [0.15, 0.2) is 84.0 Å². The summed E-state index contributed by atoms with van der Waals surface area (Å²) in [6, 6.07) is 19.4. The van der Waals surface area contributed by atoms with Gasteiger partial charge in [-0.05, 0) is 48.9 Å². The normalized spacial score (nSPS) is 12.6. The van der Waals surface area contributed by atoms with Crippen LogP contribution < -0.4 is 5.32 Å². The number of amides is 1. The van der Waals surface area contributed by atoms with Gasteiger partial charge >= 0.3 is 0 Å². The molecule has 4 aromatic rings. The zero-order chi connectivity index (χ0) is 25.0. The maximum Gasteiger partial charge on any atom is 0.252 e. The maximum atomic E-state index is 13.4. The van der Waals surface area contributed by atoms with Crippen LogP contribution in [0.5, 0.6) is 0 Å². The second kappa shape index (κ2) is 10.3. The number of carbonyl (C=O) groups excluding carboxylic acids is 1. The highest BCUT2D eigenvalue weighted by Crippen LogP contribution is 2.25. The van der Waals surface area contributed by atoms with Gasteiger partial charge in [-0.25, -0.2) is 13.4 Å². The number of benzene rings is 2. The van der Waals surface area contributed by atoms with Crippen LogP contribution in [0.1, 0.15) is 42.7 Å². The summed E-state index contributed by atoms with van der Waals surface area (Å²) in [5.41, 5.74) is 3.54. The molecule has 8 heteroatoms. The zero-order valence-corrected chi connectivity index (χ0v) is 20.8. The van der Waals surface area contributed by atoms with Gasteiger partial charge in [0, 0.05) is 36.4 Å². The molecule has 35 heavy (non-hydrogen) atoms. The molecule has 0 radical (unpaired) electrons. The molecule has 2 heterocycles. The molecule has 0 aliphatic carbocycles. The molecular formula is C27H28N4O3S. The van der Waals surface area contributed by atoms with Crippen molar-refractivity contribution in [2.45, 2.75) is 31.7 Å². The molecule has 180 valence electrons. The van der Waals surface area contributed by atoms with E-state index < -0.39 is 10.0 Å². The first-order chi connectivity index (χ1) is 16.8. The van der Waals surface area contributed by atoms with Gasteiger partial charge in [0.2, 0.25) is 10.0 Å². The Labute approximate surface area is 205 Å². The van der Waals surface area contributed by atoms with E-state index in [0.717, 1.165) is 22.0 Å². The summed E-state index contributed by atoms with van der Waals surface area (Å²) in [7, 11) is -3.53. The minimum absolute atomic E-state index is 0.235. The Hall–Kier alpha value is -3.62. The van der Waals surface area contributed by atoms with Crippen LogP contribution >= 0.6 is 0 Å². The van der Waals surface area contributed by atoms with Gasteiger partial charge < -0.3 is 5.32 Å². The molecule has 1 unspecified atom stereocenters. The van der Waals surface area contributed by atoms with Crippen LogP contribution in [-0.4, -0.2) is 41.7 Å². The first-order valence-electron chi connectivity index (χ1n) is 11.6. The average molecular weight is 489 g/mol. The molecule has 0 aliphatic rings. The molecule has 1 amide bonds. The number of hydrogen-bond donors (Lipinski definition) is 1. The van der Waals surface area contributed by atoms with Crippen LogP contribution in [-0.2, 0) is 10.0 Å². The Balaban J connectivity index is 1.61. The third-order valence-corrected chi connectivity index (χ3v) is 8.05. The van der Waals surface area contributed by atoms with E-state index in [-0.39, 0.29) is 16.8 Å². The van der Waals surface area contributed by atoms with Crippen molar-refractivity contribution in [3.63, 3.8) is 0 Å². The minimum atomic E-state index is -3.53. The Bertz CT molecular complexity index is 1430. The second-order valence-electron chi connectivity index (χ2n) is 8.17. The van der Waals surface area contributed by atoms with Gasteiger partial charge in [0.05, 0.1) is 27.7 Å². The first kappa shape index (κ1) is 24.5. The van der Waals surface area contributed by atoms with E-state index in [1.165, 1.54) is 4.31 Å². The number of hydrogen-bond acceptors (Lipinski definition) is 5. The number of carbonyl (C=O) groups is 1. The summed E-state index contributed by atoms with van der Waals surface area (Å²) in [5, 5.41) is 3.80. The molecule has 0 fully saturated rings. The molecule has 2 aromatic carbocycles. The van der Waals surface area contributed by atoms with Crippen molar-refractivity contribution in [2.75, 3.05) is 13.1 Å². The fraction of sp³-hybridized carbons (Fsp3) is 0.222. The standard InChI is InChI=1S/C27H28N4O3S/c1-4-31(5-2)35(33,34)22-14-12-20(13-15-22)19(3)29-27(32)24-17-26(21-9-8-16-28-18-21)30-25-11-7-6-10-23(24)25/h6-19H,4-5H2,1-3H3,(H,29,32). The fourth-order valence-electron chi connectivity index (χ4n) is 4.02. The van der Waals surface area contributed by atoms with E-state index in [2.05, 4.69) is 10.3 Å². The molecule has 0 saturated carbocycles. The van der Waals surface area contributed by atoms with Crippen molar-refractivity contribution in [3.8, 4) is 11.3 Å². The van der Waals surface area contributed by atoms with Crippen LogP contribution in [0.4, 0.5) is 0 Å². The summed E-state index contributed by atoms with van der Waals surface area (Å²) >= 11 is 0. The van der Waals surface area contributed by atoms with Crippen LogP contribution in [0.3, 0.4) is 0 Å². The molecule has 0 saturated heterocycles. The van der Waals surface area contributed by atoms with Crippen LogP contribution in [0.2, 0.25) is 0 Å². The number of rotatable bonds is 8. The SMILES string of the molecule is CCN(CC)S(=O)(=O)c1ccc(C(C)NC(=O)c2cc(-c3cccnc3)nc3ccccc23)cc1. The molecule has 1 N–H and O–H groups in total. The van der Waals surface area contributed by atoms with Crippen molar-refractivity contribution in [1.29, 1.82) is 0 Å². The van der Waals surface area contributed by atoms with Gasteiger partial charge in [-0.1, -0.05) is 44.2 Å². The number of nitrogens with one attached hydrogen (secondary N) is 1. The smallest absolute Gasteiger partial charge is 0.252 e. The summed E-state index contributed by atoms with van der Waals surface area (Å²) in [4.78, 5) is 22.5. The lowest BCUT2D eigenvalue weighted by molar-refractivity contribution is 0.0941. The minimum Gasteiger partial charge on any atom is -0.345 e. The number of para-hydroxylation sites is 1. The van der Waals surface area contributed by atoms with Gasteiger partial charge in [0.1, 0.15) is 0 Å². The van der Waals surface area contributed by atoms with Gasteiger partial charge in [0.25, 0.3) is 5.91 Å². The fourth-order valence-corrected chi connectivity index (χ4v) is 5.48. The topological polar surface area (TPSA) is 92.3 Å². The highest BCUT2D eigenvalue weighted by molar-refractivity contribution is 7.89. The summed E-state index contributed by atoms with van der Waals surface area (Å²) in [5.74, 6) is -0.235.